The molecule has 0 aliphatic carbocycles. The van der Waals surface area contributed by atoms with Crippen molar-refractivity contribution in [2.75, 3.05) is 14.1 Å². The van der Waals surface area contributed by atoms with Gasteiger partial charge in [0.05, 0.1) is 19.7 Å². The van der Waals surface area contributed by atoms with Crippen molar-refractivity contribution >= 4 is 27.7 Å². The fraction of sp³-hybridized carbons (Fsp3) is 0.200. The molecule has 1 aromatic carbocycles. The van der Waals surface area contributed by atoms with E-state index in [2.05, 4.69) is 60.5 Å². The first-order valence-corrected chi connectivity index (χ1v) is 4.72. The van der Waals surface area contributed by atoms with Crippen molar-refractivity contribution in [1.82, 2.24) is 4.48 Å². The van der Waals surface area contributed by atoms with Crippen molar-refractivity contribution in [1.29, 1.82) is 0 Å². The van der Waals surface area contributed by atoms with Gasteiger partial charge in [-0.25, -0.2) is 0 Å². The standard InChI is InChI=1S/C10H11BrN/c1-12(2)7-6-8-9(11)4-3-5-10(8)12/h3-7H,1-2H3/q+1. The number of nitrogens with zero attached hydrogens (tertiary/aromatic N) is 1. The number of benzene rings is 1. The van der Waals surface area contributed by atoms with E-state index in [0.29, 0.717) is 0 Å². The summed E-state index contributed by atoms with van der Waals surface area (Å²) in [5.74, 6) is 0. The maximum atomic E-state index is 3.54. The van der Waals surface area contributed by atoms with Gasteiger partial charge in [-0.3, -0.25) is 4.48 Å². The normalized spacial score (nSPS) is 17.9. The van der Waals surface area contributed by atoms with Crippen molar-refractivity contribution in [3.63, 3.8) is 0 Å². The Morgan fingerprint density at radius 2 is 2.00 bits per heavy atom. The summed E-state index contributed by atoms with van der Waals surface area (Å²) in [4.78, 5) is 0. The zero-order chi connectivity index (χ0) is 8.77. The van der Waals surface area contributed by atoms with Crippen LogP contribution in [0.1, 0.15) is 5.56 Å². The molecule has 12 heavy (non-hydrogen) atoms. The van der Waals surface area contributed by atoms with Gasteiger partial charge < -0.3 is 0 Å². The second-order valence-corrected chi connectivity index (χ2v) is 4.38. The summed E-state index contributed by atoms with van der Waals surface area (Å²) in [5, 5.41) is 0. The molecule has 0 spiro atoms. The van der Waals surface area contributed by atoms with Crippen LogP contribution in [0.15, 0.2) is 28.9 Å². The molecule has 1 aliphatic rings. The van der Waals surface area contributed by atoms with Gasteiger partial charge in [0.15, 0.2) is 0 Å². The molecule has 0 saturated carbocycles. The summed E-state index contributed by atoms with van der Waals surface area (Å²) >= 11 is 3.54. The second kappa shape index (κ2) is 2.44. The lowest BCUT2D eigenvalue weighted by Crippen LogP contribution is -2.31. The van der Waals surface area contributed by atoms with Gasteiger partial charge in [-0.15, -0.1) is 0 Å². The second-order valence-electron chi connectivity index (χ2n) is 3.53. The van der Waals surface area contributed by atoms with Gasteiger partial charge in [0, 0.05) is 16.6 Å². The van der Waals surface area contributed by atoms with Gasteiger partial charge in [-0.05, 0) is 22.0 Å². The van der Waals surface area contributed by atoms with Gasteiger partial charge in [0.2, 0.25) is 0 Å². The van der Waals surface area contributed by atoms with E-state index in [1.165, 1.54) is 15.7 Å². The molecular weight excluding hydrogens is 214 g/mol. The Bertz CT molecular complexity index is 353. The average Bonchev–Trinajstić information content (AvgIpc) is 2.30. The van der Waals surface area contributed by atoms with Crippen LogP contribution >= 0.6 is 15.9 Å². The van der Waals surface area contributed by atoms with Crippen molar-refractivity contribution < 1.29 is 0 Å². The van der Waals surface area contributed by atoms with Crippen molar-refractivity contribution in [3.05, 3.63) is 34.4 Å². The molecule has 1 heterocycles. The van der Waals surface area contributed by atoms with Gasteiger partial charge in [0.1, 0.15) is 11.9 Å². The summed E-state index contributed by atoms with van der Waals surface area (Å²) in [6.07, 6.45) is 4.36. The van der Waals surface area contributed by atoms with Gasteiger partial charge in [-0.2, -0.15) is 0 Å². The first kappa shape index (κ1) is 8.02. The van der Waals surface area contributed by atoms with E-state index in [9.17, 15) is 0 Å². The number of quaternary nitrogens is 1. The molecular formula is C10H11BrN+. The lowest BCUT2D eigenvalue weighted by atomic mass is 10.2. The highest BCUT2D eigenvalue weighted by molar-refractivity contribution is 9.10. The minimum atomic E-state index is 0.842. The van der Waals surface area contributed by atoms with E-state index in [0.717, 1.165) is 4.48 Å². The molecule has 0 N–H and O–H groups in total. The zero-order valence-electron chi connectivity index (χ0n) is 7.21. The Kier molecular flexibility index (Phi) is 1.63. The molecule has 1 nitrogen and oxygen atoms in total. The van der Waals surface area contributed by atoms with E-state index in [1.54, 1.807) is 0 Å². The molecule has 1 aromatic rings. The molecule has 1 aliphatic heterocycles. The van der Waals surface area contributed by atoms with Crippen LogP contribution in [0.5, 0.6) is 0 Å². The van der Waals surface area contributed by atoms with Crippen LogP contribution < -0.4 is 4.48 Å². The minimum Gasteiger partial charge on any atom is -0.269 e. The predicted molar refractivity (Wildman–Crippen MR) is 56.8 cm³/mol. The molecule has 2 rings (SSSR count). The number of fused-ring (bicyclic) bond motifs is 1. The van der Waals surface area contributed by atoms with Gasteiger partial charge in [-0.1, -0.05) is 6.07 Å². The highest BCUT2D eigenvalue weighted by Gasteiger charge is 2.25. The molecule has 0 radical (unpaired) electrons. The molecule has 0 amide bonds. The van der Waals surface area contributed by atoms with Crippen molar-refractivity contribution in [2.24, 2.45) is 0 Å². The van der Waals surface area contributed by atoms with E-state index >= 15 is 0 Å². The van der Waals surface area contributed by atoms with Crippen LogP contribution in [-0.4, -0.2) is 14.1 Å². The summed E-state index contributed by atoms with van der Waals surface area (Å²) < 4.78 is 2.02. The molecule has 0 unspecified atom stereocenters. The summed E-state index contributed by atoms with van der Waals surface area (Å²) in [6, 6.07) is 6.32. The quantitative estimate of drug-likeness (QED) is 0.595. The lowest BCUT2D eigenvalue weighted by molar-refractivity contribution is 0.551. The molecule has 0 saturated heterocycles. The zero-order valence-corrected chi connectivity index (χ0v) is 8.80. The van der Waals surface area contributed by atoms with Crippen LogP contribution in [0.4, 0.5) is 5.69 Å². The molecule has 2 heteroatoms. The highest BCUT2D eigenvalue weighted by Crippen LogP contribution is 2.36. The van der Waals surface area contributed by atoms with Crippen LogP contribution in [0.3, 0.4) is 0 Å². The first-order chi connectivity index (χ1) is 5.61. The van der Waals surface area contributed by atoms with E-state index in [1.807, 2.05) is 0 Å². The third-order valence-corrected chi connectivity index (χ3v) is 2.96. The largest absolute Gasteiger partial charge is 0.269 e. The predicted octanol–water partition coefficient (Wildman–Crippen LogP) is 3.00. The molecule has 62 valence electrons. The molecule has 0 fully saturated rings. The highest BCUT2D eigenvalue weighted by atomic mass is 79.9. The number of hydrogen-bond donors (Lipinski definition) is 0. The fourth-order valence-electron chi connectivity index (χ4n) is 1.53. The van der Waals surface area contributed by atoms with Gasteiger partial charge in [0.25, 0.3) is 0 Å². The maximum Gasteiger partial charge on any atom is 0.145 e. The third kappa shape index (κ3) is 1.03. The van der Waals surface area contributed by atoms with Gasteiger partial charge >= 0.3 is 0 Å². The average molecular weight is 225 g/mol. The summed E-state index contributed by atoms with van der Waals surface area (Å²) in [7, 11) is 4.35. The van der Waals surface area contributed by atoms with Crippen LogP contribution in [0.25, 0.3) is 6.08 Å². The van der Waals surface area contributed by atoms with Crippen LogP contribution in [0, 0.1) is 0 Å². The Morgan fingerprint density at radius 1 is 1.25 bits per heavy atom. The van der Waals surface area contributed by atoms with E-state index < -0.39 is 0 Å². The lowest BCUT2D eigenvalue weighted by Gasteiger charge is -2.21. The first-order valence-electron chi connectivity index (χ1n) is 3.93. The topological polar surface area (TPSA) is 0 Å². The Labute approximate surface area is 81.0 Å². The van der Waals surface area contributed by atoms with Crippen LogP contribution in [0.2, 0.25) is 0 Å². The number of rotatable bonds is 0. The summed E-state index contributed by atoms with van der Waals surface area (Å²) in [6.45, 7) is 0. The van der Waals surface area contributed by atoms with Crippen molar-refractivity contribution in [2.45, 2.75) is 0 Å². The van der Waals surface area contributed by atoms with Crippen molar-refractivity contribution in [3.8, 4) is 0 Å². The SMILES string of the molecule is C[N+]1(C)C=Cc2c(Br)cccc21. The molecule has 0 bridgehead atoms. The third-order valence-electron chi connectivity index (χ3n) is 2.26. The molecule has 0 aromatic heterocycles. The van der Waals surface area contributed by atoms with E-state index in [4.69, 9.17) is 0 Å². The Hall–Kier alpha value is -0.600. The monoisotopic (exact) mass is 224 g/mol. The Balaban J connectivity index is 2.68. The Morgan fingerprint density at radius 3 is 2.67 bits per heavy atom. The smallest absolute Gasteiger partial charge is 0.145 e. The maximum absolute atomic E-state index is 3.54. The summed E-state index contributed by atoms with van der Waals surface area (Å²) in [5.41, 5.74) is 2.66. The number of halogens is 1. The molecule has 0 atom stereocenters. The number of hydrogen-bond acceptors (Lipinski definition) is 0. The van der Waals surface area contributed by atoms with E-state index in [-0.39, 0.29) is 0 Å². The fourth-order valence-corrected chi connectivity index (χ4v) is 2.02. The minimum absolute atomic E-state index is 0.842. The van der Waals surface area contributed by atoms with Crippen LogP contribution in [-0.2, 0) is 0 Å².